The fraction of sp³-hybridized carbons (Fsp3) is 0.579. The maximum Gasteiger partial charge on any atom is 0.162 e. The SMILES string of the molecule is COc1cc2nc(C3CC3)nc(NCC3CCOCC3)c2cc1OC. The van der Waals surface area contributed by atoms with Crippen molar-refractivity contribution in [2.75, 3.05) is 39.3 Å². The van der Waals surface area contributed by atoms with Crippen LogP contribution >= 0.6 is 0 Å². The van der Waals surface area contributed by atoms with Gasteiger partial charge in [0.05, 0.1) is 19.7 Å². The summed E-state index contributed by atoms with van der Waals surface area (Å²) >= 11 is 0. The Hall–Kier alpha value is -2.08. The van der Waals surface area contributed by atoms with E-state index < -0.39 is 0 Å². The summed E-state index contributed by atoms with van der Waals surface area (Å²) in [5.41, 5.74) is 0.907. The lowest BCUT2D eigenvalue weighted by atomic mass is 10.0. The Morgan fingerprint density at radius 3 is 2.44 bits per heavy atom. The first-order chi connectivity index (χ1) is 12.3. The summed E-state index contributed by atoms with van der Waals surface area (Å²) in [6.07, 6.45) is 4.56. The van der Waals surface area contributed by atoms with Crippen molar-refractivity contribution in [3.63, 3.8) is 0 Å². The van der Waals surface area contributed by atoms with E-state index in [4.69, 9.17) is 24.2 Å². The van der Waals surface area contributed by atoms with Gasteiger partial charge in [-0.3, -0.25) is 0 Å². The van der Waals surface area contributed by atoms with Gasteiger partial charge in [-0.05, 0) is 37.7 Å². The van der Waals surface area contributed by atoms with Crippen LogP contribution in [0.5, 0.6) is 11.5 Å². The molecule has 1 aliphatic carbocycles. The molecule has 1 N–H and O–H groups in total. The molecule has 6 heteroatoms. The molecule has 1 aliphatic heterocycles. The number of anilines is 1. The van der Waals surface area contributed by atoms with Gasteiger partial charge in [-0.1, -0.05) is 0 Å². The third-order valence-electron chi connectivity index (χ3n) is 5.06. The van der Waals surface area contributed by atoms with E-state index >= 15 is 0 Å². The maximum absolute atomic E-state index is 5.46. The second kappa shape index (κ2) is 7.04. The van der Waals surface area contributed by atoms with Crippen LogP contribution in [0.2, 0.25) is 0 Å². The van der Waals surface area contributed by atoms with E-state index in [-0.39, 0.29) is 0 Å². The highest BCUT2D eigenvalue weighted by Crippen LogP contribution is 2.41. The molecule has 0 amide bonds. The Balaban J connectivity index is 1.68. The lowest BCUT2D eigenvalue weighted by molar-refractivity contribution is 0.0699. The van der Waals surface area contributed by atoms with Crippen LogP contribution in [0.4, 0.5) is 5.82 Å². The van der Waals surface area contributed by atoms with Crippen molar-refractivity contribution in [3.8, 4) is 11.5 Å². The zero-order chi connectivity index (χ0) is 17.2. The number of aromatic nitrogens is 2. The molecule has 1 aromatic carbocycles. The normalized spacial score (nSPS) is 18.3. The summed E-state index contributed by atoms with van der Waals surface area (Å²) in [6.45, 7) is 2.62. The molecular weight excluding hydrogens is 318 g/mol. The molecule has 25 heavy (non-hydrogen) atoms. The van der Waals surface area contributed by atoms with Crippen LogP contribution in [-0.4, -0.2) is 43.9 Å². The minimum atomic E-state index is 0.501. The molecule has 2 aromatic rings. The first-order valence-electron chi connectivity index (χ1n) is 9.03. The molecule has 4 rings (SSSR count). The summed E-state index contributed by atoms with van der Waals surface area (Å²) < 4.78 is 16.3. The van der Waals surface area contributed by atoms with Gasteiger partial charge in [-0.15, -0.1) is 0 Å². The van der Waals surface area contributed by atoms with Gasteiger partial charge in [-0.2, -0.15) is 0 Å². The lowest BCUT2D eigenvalue weighted by Crippen LogP contribution is -2.23. The highest BCUT2D eigenvalue weighted by molar-refractivity contribution is 5.92. The van der Waals surface area contributed by atoms with Crippen molar-refractivity contribution < 1.29 is 14.2 Å². The average Bonchev–Trinajstić information content (AvgIpc) is 3.50. The number of ether oxygens (including phenoxy) is 3. The van der Waals surface area contributed by atoms with E-state index in [1.807, 2.05) is 12.1 Å². The highest BCUT2D eigenvalue weighted by atomic mass is 16.5. The zero-order valence-corrected chi connectivity index (χ0v) is 14.9. The summed E-state index contributed by atoms with van der Waals surface area (Å²) in [5, 5.41) is 4.55. The Bertz CT molecular complexity index is 755. The number of nitrogens with zero attached hydrogens (tertiary/aromatic N) is 2. The summed E-state index contributed by atoms with van der Waals surface area (Å²) in [7, 11) is 3.30. The second-order valence-corrected chi connectivity index (χ2v) is 6.87. The van der Waals surface area contributed by atoms with Crippen molar-refractivity contribution in [1.29, 1.82) is 0 Å². The first kappa shape index (κ1) is 16.4. The van der Waals surface area contributed by atoms with Crippen LogP contribution < -0.4 is 14.8 Å². The van der Waals surface area contributed by atoms with Gasteiger partial charge in [-0.25, -0.2) is 9.97 Å². The quantitative estimate of drug-likeness (QED) is 0.867. The van der Waals surface area contributed by atoms with Crippen LogP contribution in [0.15, 0.2) is 12.1 Å². The number of rotatable bonds is 6. The summed E-state index contributed by atoms with van der Waals surface area (Å²) in [4.78, 5) is 9.60. The molecular formula is C19H25N3O3. The number of benzene rings is 1. The van der Waals surface area contributed by atoms with E-state index in [0.29, 0.717) is 23.3 Å². The molecule has 2 heterocycles. The van der Waals surface area contributed by atoms with Gasteiger partial charge in [0, 0.05) is 37.1 Å². The van der Waals surface area contributed by atoms with Crippen molar-refractivity contribution in [1.82, 2.24) is 9.97 Å². The maximum atomic E-state index is 5.46. The van der Waals surface area contributed by atoms with E-state index in [1.165, 1.54) is 12.8 Å². The number of hydrogen-bond donors (Lipinski definition) is 1. The van der Waals surface area contributed by atoms with E-state index in [9.17, 15) is 0 Å². The minimum absolute atomic E-state index is 0.501. The molecule has 0 bridgehead atoms. The second-order valence-electron chi connectivity index (χ2n) is 6.87. The Morgan fingerprint density at radius 2 is 1.76 bits per heavy atom. The predicted octanol–water partition coefficient (Wildman–Crippen LogP) is 3.36. The lowest BCUT2D eigenvalue weighted by Gasteiger charge is -2.23. The Labute approximate surface area is 147 Å². The van der Waals surface area contributed by atoms with Crippen LogP contribution in [-0.2, 0) is 4.74 Å². The molecule has 6 nitrogen and oxygen atoms in total. The van der Waals surface area contributed by atoms with Gasteiger partial charge >= 0.3 is 0 Å². The average molecular weight is 343 g/mol. The van der Waals surface area contributed by atoms with Crippen LogP contribution in [0.1, 0.15) is 37.4 Å². The standard InChI is InChI=1S/C19H25N3O3/c1-23-16-9-14-15(10-17(16)24-2)21-18(13-3-4-13)22-19(14)20-11-12-5-7-25-8-6-12/h9-10,12-13H,3-8,11H2,1-2H3,(H,20,21,22). The van der Waals surface area contributed by atoms with Crippen LogP contribution in [0, 0.1) is 5.92 Å². The molecule has 1 saturated carbocycles. The first-order valence-corrected chi connectivity index (χ1v) is 9.03. The largest absolute Gasteiger partial charge is 0.493 e. The number of nitrogens with one attached hydrogen (secondary N) is 1. The molecule has 134 valence electrons. The topological polar surface area (TPSA) is 65.5 Å². The van der Waals surface area contributed by atoms with Crippen molar-refractivity contribution >= 4 is 16.7 Å². The Morgan fingerprint density at radius 1 is 1.04 bits per heavy atom. The van der Waals surface area contributed by atoms with E-state index in [1.54, 1.807) is 14.2 Å². The molecule has 0 atom stereocenters. The molecule has 2 aliphatic rings. The van der Waals surface area contributed by atoms with Crippen LogP contribution in [0.3, 0.4) is 0 Å². The predicted molar refractivity (Wildman–Crippen MR) is 96.6 cm³/mol. The smallest absolute Gasteiger partial charge is 0.162 e. The molecule has 0 radical (unpaired) electrons. The van der Waals surface area contributed by atoms with E-state index in [2.05, 4.69) is 5.32 Å². The fourth-order valence-electron chi connectivity index (χ4n) is 3.32. The van der Waals surface area contributed by atoms with Gasteiger partial charge in [0.15, 0.2) is 11.5 Å². The number of methoxy groups -OCH3 is 2. The fourth-order valence-corrected chi connectivity index (χ4v) is 3.32. The number of hydrogen-bond acceptors (Lipinski definition) is 6. The van der Waals surface area contributed by atoms with Crippen molar-refractivity contribution in [2.24, 2.45) is 5.92 Å². The molecule has 0 unspecified atom stereocenters. The van der Waals surface area contributed by atoms with Crippen molar-refractivity contribution in [2.45, 2.75) is 31.6 Å². The zero-order valence-electron chi connectivity index (χ0n) is 14.9. The van der Waals surface area contributed by atoms with Gasteiger partial charge < -0.3 is 19.5 Å². The van der Waals surface area contributed by atoms with Crippen molar-refractivity contribution in [3.05, 3.63) is 18.0 Å². The molecule has 0 spiro atoms. The van der Waals surface area contributed by atoms with Crippen LogP contribution in [0.25, 0.3) is 10.9 Å². The molecule has 1 saturated heterocycles. The molecule has 1 aromatic heterocycles. The summed E-state index contributed by atoms with van der Waals surface area (Å²) in [6, 6.07) is 3.92. The highest BCUT2D eigenvalue weighted by Gasteiger charge is 2.28. The summed E-state index contributed by atoms with van der Waals surface area (Å²) in [5.74, 6) is 4.37. The van der Waals surface area contributed by atoms with Gasteiger partial charge in [0.25, 0.3) is 0 Å². The minimum Gasteiger partial charge on any atom is -0.493 e. The van der Waals surface area contributed by atoms with Gasteiger partial charge in [0.1, 0.15) is 11.6 Å². The third kappa shape index (κ3) is 3.49. The number of fused-ring (bicyclic) bond motifs is 1. The van der Waals surface area contributed by atoms with Gasteiger partial charge in [0.2, 0.25) is 0 Å². The Kier molecular flexibility index (Phi) is 4.61. The monoisotopic (exact) mass is 343 g/mol. The third-order valence-corrected chi connectivity index (χ3v) is 5.06. The van der Waals surface area contributed by atoms with E-state index in [0.717, 1.165) is 55.1 Å². The molecule has 2 fully saturated rings.